The van der Waals surface area contributed by atoms with Crippen LogP contribution in [0.15, 0.2) is 18.3 Å². The summed E-state index contributed by atoms with van der Waals surface area (Å²) < 4.78 is 2.02. The molecule has 112 valence electrons. The molecule has 0 amide bonds. The monoisotopic (exact) mass is 285 g/mol. The van der Waals surface area contributed by atoms with Gasteiger partial charge in [-0.25, -0.2) is 9.97 Å². The topological polar surface area (TPSA) is 55.6 Å². The summed E-state index contributed by atoms with van der Waals surface area (Å²) in [5.41, 5.74) is 3.20. The summed E-state index contributed by atoms with van der Waals surface area (Å²) in [6.45, 7) is 8.37. The highest BCUT2D eigenvalue weighted by atomic mass is 15.3. The van der Waals surface area contributed by atoms with Gasteiger partial charge in [0.15, 0.2) is 0 Å². The average molecular weight is 285 g/mol. The van der Waals surface area contributed by atoms with Crippen molar-refractivity contribution in [3.05, 3.63) is 29.8 Å². The van der Waals surface area contributed by atoms with E-state index in [2.05, 4.69) is 40.3 Å². The summed E-state index contributed by atoms with van der Waals surface area (Å²) in [7, 11) is 0. The van der Waals surface area contributed by atoms with Crippen molar-refractivity contribution < 1.29 is 0 Å². The van der Waals surface area contributed by atoms with Crippen molar-refractivity contribution in [1.29, 1.82) is 0 Å². The molecular formula is C16H23N5. The molecule has 0 saturated carbocycles. The van der Waals surface area contributed by atoms with Crippen molar-refractivity contribution in [2.24, 2.45) is 0 Å². The molecule has 0 spiro atoms. The van der Waals surface area contributed by atoms with E-state index in [1.54, 1.807) is 0 Å². The number of hydrogen-bond donors (Lipinski definition) is 1. The van der Waals surface area contributed by atoms with Gasteiger partial charge >= 0.3 is 0 Å². The van der Waals surface area contributed by atoms with E-state index in [9.17, 15) is 0 Å². The quantitative estimate of drug-likeness (QED) is 0.942. The Hall–Kier alpha value is -1.75. The second kappa shape index (κ2) is 5.93. The van der Waals surface area contributed by atoms with Gasteiger partial charge in [0.2, 0.25) is 0 Å². The van der Waals surface area contributed by atoms with E-state index in [1.807, 2.05) is 23.9 Å². The molecule has 0 aliphatic carbocycles. The fourth-order valence-electron chi connectivity index (χ4n) is 2.96. The standard InChI is InChI=1S/C16H23N5/c1-11(2)21-16(6-8-18-21)15-9-14(19-12(3)20-15)13-5-4-7-17-10-13/h6,8-9,11,13,17H,4-5,7,10H2,1-3H3. The Morgan fingerprint density at radius 1 is 1.33 bits per heavy atom. The lowest BCUT2D eigenvalue weighted by molar-refractivity contribution is 0.453. The van der Waals surface area contributed by atoms with Crippen molar-refractivity contribution in [2.45, 2.75) is 45.6 Å². The van der Waals surface area contributed by atoms with E-state index in [0.29, 0.717) is 12.0 Å². The van der Waals surface area contributed by atoms with Gasteiger partial charge in [-0.05, 0) is 52.3 Å². The molecular weight excluding hydrogens is 262 g/mol. The van der Waals surface area contributed by atoms with Crippen molar-refractivity contribution in [3.8, 4) is 11.4 Å². The molecule has 1 aliphatic heterocycles. The van der Waals surface area contributed by atoms with Crippen molar-refractivity contribution >= 4 is 0 Å². The number of aromatic nitrogens is 4. The number of nitrogens with zero attached hydrogens (tertiary/aromatic N) is 4. The Labute approximate surface area is 125 Å². The van der Waals surface area contributed by atoms with Crippen LogP contribution in [0, 0.1) is 6.92 Å². The Balaban J connectivity index is 1.99. The minimum atomic E-state index is 0.324. The summed E-state index contributed by atoms with van der Waals surface area (Å²) in [5, 5.41) is 7.87. The Morgan fingerprint density at radius 2 is 2.19 bits per heavy atom. The van der Waals surface area contributed by atoms with Gasteiger partial charge in [-0.2, -0.15) is 5.10 Å². The second-order valence-corrected chi connectivity index (χ2v) is 6.02. The maximum absolute atomic E-state index is 4.66. The number of hydrogen-bond acceptors (Lipinski definition) is 4. The molecule has 0 aromatic carbocycles. The molecule has 0 bridgehead atoms. The molecule has 5 heteroatoms. The van der Waals surface area contributed by atoms with Crippen LogP contribution in [-0.2, 0) is 0 Å². The molecule has 2 aromatic rings. The smallest absolute Gasteiger partial charge is 0.126 e. The first kappa shape index (κ1) is 14.2. The lowest BCUT2D eigenvalue weighted by Crippen LogP contribution is -2.29. The lowest BCUT2D eigenvalue weighted by atomic mass is 9.95. The van der Waals surface area contributed by atoms with Crippen LogP contribution >= 0.6 is 0 Å². The van der Waals surface area contributed by atoms with Gasteiger partial charge < -0.3 is 5.32 Å². The summed E-state index contributed by atoms with van der Waals surface area (Å²) in [6, 6.07) is 4.50. The molecule has 1 N–H and O–H groups in total. The number of aryl methyl sites for hydroxylation is 1. The molecule has 3 heterocycles. The van der Waals surface area contributed by atoms with Crippen LogP contribution in [0.3, 0.4) is 0 Å². The summed E-state index contributed by atoms with van der Waals surface area (Å²) in [4.78, 5) is 9.28. The summed E-state index contributed by atoms with van der Waals surface area (Å²) >= 11 is 0. The normalized spacial score (nSPS) is 19.1. The van der Waals surface area contributed by atoms with Gasteiger partial charge in [0.1, 0.15) is 5.82 Å². The van der Waals surface area contributed by atoms with Crippen molar-refractivity contribution in [3.63, 3.8) is 0 Å². The maximum atomic E-state index is 4.66. The second-order valence-electron chi connectivity index (χ2n) is 6.02. The van der Waals surface area contributed by atoms with Crippen LogP contribution < -0.4 is 5.32 Å². The van der Waals surface area contributed by atoms with Crippen LogP contribution in [0.4, 0.5) is 0 Å². The number of nitrogens with one attached hydrogen (secondary N) is 1. The van der Waals surface area contributed by atoms with Gasteiger partial charge in [0.25, 0.3) is 0 Å². The van der Waals surface area contributed by atoms with Crippen LogP contribution in [0.1, 0.15) is 50.2 Å². The fourth-order valence-corrected chi connectivity index (χ4v) is 2.96. The first-order chi connectivity index (χ1) is 10.1. The van der Waals surface area contributed by atoms with Crippen LogP contribution in [0.5, 0.6) is 0 Å². The molecule has 1 saturated heterocycles. The highest BCUT2D eigenvalue weighted by Gasteiger charge is 2.19. The van der Waals surface area contributed by atoms with E-state index in [1.165, 1.54) is 12.8 Å². The minimum Gasteiger partial charge on any atom is -0.316 e. The number of piperidine rings is 1. The third kappa shape index (κ3) is 2.97. The molecule has 1 unspecified atom stereocenters. The maximum Gasteiger partial charge on any atom is 0.126 e. The third-order valence-corrected chi connectivity index (χ3v) is 3.99. The Morgan fingerprint density at radius 3 is 2.90 bits per heavy atom. The van der Waals surface area contributed by atoms with Crippen LogP contribution in [-0.4, -0.2) is 32.8 Å². The van der Waals surface area contributed by atoms with E-state index >= 15 is 0 Å². The average Bonchev–Trinajstić information content (AvgIpc) is 2.97. The third-order valence-electron chi connectivity index (χ3n) is 3.99. The predicted molar refractivity (Wildman–Crippen MR) is 83.2 cm³/mol. The van der Waals surface area contributed by atoms with Crippen molar-refractivity contribution in [1.82, 2.24) is 25.1 Å². The van der Waals surface area contributed by atoms with Gasteiger partial charge in [0.05, 0.1) is 11.4 Å². The van der Waals surface area contributed by atoms with Gasteiger partial charge in [0, 0.05) is 30.4 Å². The lowest BCUT2D eigenvalue weighted by Gasteiger charge is -2.23. The Kier molecular flexibility index (Phi) is 4.01. The molecule has 2 aromatic heterocycles. The molecule has 0 radical (unpaired) electrons. The first-order valence-corrected chi connectivity index (χ1v) is 7.75. The summed E-state index contributed by atoms with van der Waals surface area (Å²) in [5.74, 6) is 1.33. The zero-order valence-corrected chi connectivity index (χ0v) is 13.0. The van der Waals surface area contributed by atoms with Crippen LogP contribution in [0.2, 0.25) is 0 Å². The predicted octanol–water partition coefficient (Wildman–Crippen LogP) is 2.70. The zero-order valence-electron chi connectivity index (χ0n) is 13.0. The molecule has 1 atom stereocenters. The number of rotatable bonds is 3. The molecule has 21 heavy (non-hydrogen) atoms. The molecule has 1 fully saturated rings. The van der Waals surface area contributed by atoms with Gasteiger partial charge in [-0.15, -0.1) is 0 Å². The van der Waals surface area contributed by atoms with E-state index in [4.69, 9.17) is 0 Å². The van der Waals surface area contributed by atoms with Gasteiger partial charge in [-0.3, -0.25) is 4.68 Å². The highest BCUT2D eigenvalue weighted by molar-refractivity contribution is 5.55. The highest BCUT2D eigenvalue weighted by Crippen LogP contribution is 2.26. The fraction of sp³-hybridized carbons (Fsp3) is 0.562. The SMILES string of the molecule is Cc1nc(-c2ccnn2C(C)C)cc(C2CCCNC2)n1. The van der Waals surface area contributed by atoms with E-state index in [0.717, 1.165) is 36.0 Å². The van der Waals surface area contributed by atoms with Crippen molar-refractivity contribution in [2.75, 3.05) is 13.1 Å². The minimum absolute atomic E-state index is 0.324. The largest absolute Gasteiger partial charge is 0.316 e. The molecule has 5 nitrogen and oxygen atoms in total. The van der Waals surface area contributed by atoms with E-state index in [-0.39, 0.29) is 0 Å². The Bertz CT molecular complexity index is 611. The molecule has 3 rings (SSSR count). The first-order valence-electron chi connectivity index (χ1n) is 7.75. The van der Waals surface area contributed by atoms with Gasteiger partial charge in [-0.1, -0.05) is 0 Å². The van der Waals surface area contributed by atoms with Crippen LogP contribution in [0.25, 0.3) is 11.4 Å². The zero-order chi connectivity index (χ0) is 14.8. The molecule has 1 aliphatic rings. The summed E-state index contributed by atoms with van der Waals surface area (Å²) in [6.07, 6.45) is 4.26. The van der Waals surface area contributed by atoms with E-state index < -0.39 is 0 Å².